The first-order chi connectivity index (χ1) is 10.5. The Morgan fingerprint density at radius 2 is 2.18 bits per heavy atom. The molecule has 2 heterocycles. The third-order valence-electron chi connectivity index (χ3n) is 3.14. The Bertz CT molecular complexity index is 759. The van der Waals surface area contributed by atoms with Gasteiger partial charge in [0.1, 0.15) is 10.7 Å². The van der Waals surface area contributed by atoms with Crippen LogP contribution in [0.4, 0.5) is 0 Å². The van der Waals surface area contributed by atoms with Gasteiger partial charge < -0.3 is 10.1 Å². The van der Waals surface area contributed by atoms with E-state index in [0.717, 1.165) is 29.0 Å². The Hall–Kier alpha value is -2.21. The third-order valence-corrected chi connectivity index (χ3v) is 4.16. The maximum Gasteiger partial charge on any atom is 0.345 e. The highest BCUT2D eigenvalue weighted by atomic mass is 32.1. The zero-order chi connectivity index (χ0) is 16.1. The second kappa shape index (κ2) is 7.17. The molecule has 0 atom stereocenters. The lowest BCUT2D eigenvalue weighted by molar-refractivity contribution is 0.0702. The fourth-order valence-corrected chi connectivity index (χ4v) is 2.91. The fraction of sp³-hybridized carbons (Fsp3) is 0.312. The van der Waals surface area contributed by atoms with Gasteiger partial charge in [0, 0.05) is 16.6 Å². The first-order valence-electron chi connectivity index (χ1n) is 7.17. The van der Waals surface area contributed by atoms with Crippen molar-refractivity contribution < 1.29 is 9.90 Å². The number of hydrogen-bond donors (Lipinski definition) is 2. The molecular formula is C16H18N2O3S. The highest BCUT2D eigenvalue weighted by Gasteiger charge is 2.09. The van der Waals surface area contributed by atoms with E-state index < -0.39 is 5.97 Å². The zero-order valence-electron chi connectivity index (χ0n) is 12.5. The monoisotopic (exact) mass is 318 g/mol. The Morgan fingerprint density at radius 1 is 1.41 bits per heavy atom. The van der Waals surface area contributed by atoms with Crippen molar-refractivity contribution in [2.75, 3.05) is 0 Å². The molecule has 0 radical (unpaired) electrons. The van der Waals surface area contributed by atoms with Crippen LogP contribution in [-0.4, -0.2) is 21.0 Å². The first-order valence-corrected chi connectivity index (χ1v) is 7.99. The maximum absolute atomic E-state index is 11.8. The summed E-state index contributed by atoms with van der Waals surface area (Å²) < 4.78 is 0. The molecule has 22 heavy (non-hydrogen) atoms. The van der Waals surface area contributed by atoms with Gasteiger partial charge in [-0.3, -0.25) is 4.79 Å². The van der Waals surface area contributed by atoms with E-state index in [-0.39, 0.29) is 5.56 Å². The van der Waals surface area contributed by atoms with Gasteiger partial charge in [0.2, 0.25) is 0 Å². The summed E-state index contributed by atoms with van der Waals surface area (Å²) in [7, 11) is 0. The fourth-order valence-electron chi connectivity index (χ4n) is 2.10. The number of aryl methyl sites for hydroxylation is 1. The van der Waals surface area contributed by atoms with Gasteiger partial charge in [0.15, 0.2) is 0 Å². The number of nitrogens with zero attached hydrogens (tertiary/aromatic N) is 1. The average molecular weight is 318 g/mol. The van der Waals surface area contributed by atoms with E-state index >= 15 is 0 Å². The topological polar surface area (TPSA) is 83.0 Å². The van der Waals surface area contributed by atoms with Gasteiger partial charge in [-0.15, -0.1) is 11.3 Å². The molecular weight excluding hydrogens is 300 g/mol. The Balaban J connectivity index is 2.40. The van der Waals surface area contributed by atoms with Crippen LogP contribution in [0.15, 0.2) is 23.0 Å². The number of carbonyl (C=O) groups is 1. The van der Waals surface area contributed by atoms with Crippen molar-refractivity contribution in [2.45, 2.75) is 33.1 Å². The van der Waals surface area contributed by atoms with Gasteiger partial charge in [0.05, 0.1) is 0 Å². The second-order valence-electron chi connectivity index (χ2n) is 4.87. The molecule has 116 valence electrons. The summed E-state index contributed by atoms with van der Waals surface area (Å²) in [5, 5.41) is 8.97. The van der Waals surface area contributed by atoms with Gasteiger partial charge in [-0.1, -0.05) is 20.3 Å². The lowest BCUT2D eigenvalue weighted by Gasteiger charge is -2.06. The Morgan fingerprint density at radius 3 is 2.77 bits per heavy atom. The zero-order valence-corrected chi connectivity index (χ0v) is 13.4. The number of H-pyrrole nitrogens is 1. The molecule has 0 aliphatic rings. The van der Waals surface area contributed by atoms with Crippen molar-refractivity contribution >= 4 is 29.0 Å². The van der Waals surface area contributed by atoms with E-state index in [1.165, 1.54) is 17.4 Å². The average Bonchev–Trinajstić information content (AvgIpc) is 2.93. The van der Waals surface area contributed by atoms with Crippen molar-refractivity contribution in [1.82, 2.24) is 9.97 Å². The predicted molar refractivity (Wildman–Crippen MR) is 88.3 cm³/mol. The highest BCUT2D eigenvalue weighted by Crippen LogP contribution is 2.23. The van der Waals surface area contributed by atoms with Crippen LogP contribution >= 0.6 is 11.3 Å². The molecule has 0 saturated heterocycles. The molecule has 0 bridgehead atoms. The van der Waals surface area contributed by atoms with Gasteiger partial charge in [-0.05, 0) is 36.6 Å². The SMILES string of the molecule is CCCc1cc(=O)[nH]c(/C(=C/c2ccc(C(=O)O)s2)CC)n1. The molecule has 5 nitrogen and oxygen atoms in total. The number of carboxylic acid groups (broad SMARTS) is 1. The molecule has 0 spiro atoms. The number of thiophene rings is 1. The summed E-state index contributed by atoms with van der Waals surface area (Å²) in [5.41, 5.74) is 1.50. The number of allylic oxidation sites excluding steroid dienone is 1. The summed E-state index contributed by atoms with van der Waals surface area (Å²) in [6.45, 7) is 4.02. The van der Waals surface area contributed by atoms with E-state index in [1.54, 1.807) is 12.1 Å². The minimum Gasteiger partial charge on any atom is -0.477 e. The van der Waals surface area contributed by atoms with Crippen molar-refractivity contribution in [3.05, 3.63) is 49.8 Å². The van der Waals surface area contributed by atoms with Crippen LogP contribution in [0.3, 0.4) is 0 Å². The molecule has 2 aromatic rings. The lowest BCUT2D eigenvalue weighted by Crippen LogP contribution is -2.12. The summed E-state index contributed by atoms with van der Waals surface area (Å²) in [6.07, 6.45) is 4.26. The summed E-state index contributed by atoms with van der Waals surface area (Å²) in [6, 6.07) is 4.86. The normalized spacial score (nSPS) is 11.6. The number of aromatic nitrogens is 2. The molecule has 0 aromatic carbocycles. The molecule has 2 N–H and O–H groups in total. The van der Waals surface area contributed by atoms with E-state index in [4.69, 9.17) is 5.11 Å². The quantitative estimate of drug-likeness (QED) is 0.854. The van der Waals surface area contributed by atoms with Crippen LogP contribution in [0, 0.1) is 0 Å². The van der Waals surface area contributed by atoms with Crippen LogP contribution in [0.5, 0.6) is 0 Å². The number of aromatic amines is 1. The van der Waals surface area contributed by atoms with Crippen LogP contribution < -0.4 is 5.56 Å². The van der Waals surface area contributed by atoms with Crippen LogP contribution in [-0.2, 0) is 6.42 Å². The number of hydrogen-bond acceptors (Lipinski definition) is 4. The molecule has 0 fully saturated rings. The maximum atomic E-state index is 11.8. The van der Waals surface area contributed by atoms with E-state index in [1.807, 2.05) is 19.9 Å². The summed E-state index contributed by atoms with van der Waals surface area (Å²) in [5.74, 6) is -0.372. The van der Waals surface area contributed by atoms with Crippen LogP contribution in [0.2, 0.25) is 0 Å². The van der Waals surface area contributed by atoms with Crippen molar-refractivity contribution in [3.63, 3.8) is 0 Å². The predicted octanol–water partition coefficient (Wildman–Crippen LogP) is 3.43. The number of aromatic carboxylic acids is 1. The molecule has 0 aliphatic carbocycles. The Kier molecular flexibility index (Phi) is 5.27. The standard InChI is InChI=1S/C16H18N2O3S/c1-3-5-11-9-14(19)18-15(17-11)10(4-2)8-12-6-7-13(22-12)16(20)21/h6-9H,3-5H2,1-2H3,(H,20,21)(H,17,18,19)/b10-8+. The summed E-state index contributed by atoms with van der Waals surface area (Å²) in [4.78, 5) is 31.1. The van der Waals surface area contributed by atoms with Gasteiger partial charge in [-0.2, -0.15) is 0 Å². The van der Waals surface area contributed by atoms with Crippen molar-refractivity contribution in [2.24, 2.45) is 0 Å². The minimum absolute atomic E-state index is 0.162. The molecule has 0 aliphatic heterocycles. The van der Waals surface area contributed by atoms with Gasteiger partial charge >= 0.3 is 5.97 Å². The second-order valence-corrected chi connectivity index (χ2v) is 5.98. The first kappa shape index (κ1) is 16.2. The smallest absolute Gasteiger partial charge is 0.345 e. The lowest BCUT2D eigenvalue weighted by atomic mass is 10.1. The molecule has 0 unspecified atom stereocenters. The van der Waals surface area contributed by atoms with E-state index in [2.05, 4.69) is 9.97 Å². The molecule has 0 saturated carbocycles. The van der Waals surface area contributed by atoms with E-state index in [0.29, 0.717) is 17.1 Å². The van der Waals surface area contributed by atoms with Gasteiger partial charge in [-0.25, -0.2) is 9.78 Å². The van der Waals surface area contributed by atoms with Gasteiger partial charge in [0.25, 0.3) is 5.56 Å². The van der Waals surface area contributed by atoms with Crippen molar-refractivity contribution in [3.8, 4) is 0 Å². The Labute approximate surface area is 132 Å². The molecule has 0 amide bonds. The van der Waals surface area contributed by atoms with E-state index in [9.17, 15) is 9.59 Å². The number of carboxylic acids is 1. The third kappa shape index (κ3) is 3.92. The largest absolute Gasteiger partial charge is 0.477 e. The molecule has 2 aromatic heterocycles. The molecule has 2 rings (SSSR count). The summed E-state index contributed by atoms with van der Waals surface area (Å²) >= 11 is 1.20. The van der Waals surface area contributed by atoms with Crippen LogP contribution in [0.1, 0.15) is 52.8 Å². The molecule has 6 heteroatoms. The minimum atomic E-state index is -0.931. The highest BCUT2D eigenvalue weighted by molar-refractivity contribution is 7.14. The van der Waals surface area contributed by atoms with Crippen LogP contribution in [0.25, 0.3) is 11.6 Å². The van der Waals surface area contributed by atoms with Crippen molar-refractivity contribution in [1.29, 1.82) is 0 Å². The number of nitrogens with one attached hydrogen (secondary N) is 1. The number of rotatable bonds is 6.